The summed E-state index contributed by atoms with van der Waals surface area (Å²) in [5.41, 5.74) is 0. The topological polar surface area (TPSA) is 40.1 Å². The molecule has 1 N–H and O–H groups in total. The number of guanidine groups is 1. The lowest BCUT2D eigenvalue weighted by molar-refractivity contribution is 0.0315. The molecule has 0 amide bonds. The van der Waals surface area contributed by atoms with Crippen LogP contribution in [0.3, 0.4) is 0 Å². The Morgan fingerprint density at radius 2 is 2.20 bits per heavy atom. The molecular formula is C18H31IN4OS. The van der Waals surface area contributed by atoms with Crippen molar-refractivity contribution in [3.8, 4) is 0 Å². The Morgan fingerprint density at radius 1 is 1.40 bits per heavy atom. The van der Waals surface area contributed by atoms with Crippen molar-refractivity contribution >= 4 is 41.3 Å². The molecule has 2 unspecified atom stereocenters. The quantitative estimate of drug-likeness (QED) is 0.402. The minimum Gasteiger partial charge on any atom is -0.379 e. The first kappa shape index (κ1) is 20.9. The average molecular weight is 478 g/mol. The molecule has 0 radical (unpaired) electrons. The molecular weight excluding hydrogens is 447 g/mol. The SMILES string of the molecule is CN=C(NCC(C)c1cccs1)N1CCC(CN2CCOCC2)C1.I. The maximum Gasteiger partial charge on any atom is 0.193 e. The van der Waals surface area contributed by atoms with Gasteiger partial charge in [0.2, 0.25) is 0 Å². The fourth-order valence-electron chi connectivity index (χ4n) is 3.57. The fourth-order valence-corrected chi connectivity index (χ4v) is 4.36. The van der Waals surface area contributed by atoms with Crippen LogP contribution < -0.4 is 5.32 Å². The molecule has 2 aliphatic heterocycles. The standard InChI is InChI=1S/C18H30N4OS.HI/c1-15(17-4-3-11-24-17)12-20-18(19-2)22-6-5-16(14-22)13-21-7-9-23-10-8-21;/h3-4,11,15-16H,5-10,12-14H2,1-2H3,(H,19,20);1H. The first-order valence-electron chi connectivity index (χ1n) is 9.05. The van der Waals surface area contributed by atoms with Crippen molar-refractivity contribution in [3.63, 3.8) is 0 Å². The van der Waals surface area contributed by atoms with Crippen molar-refractivity contribution in [2.45, 2.75) is 19.3 Å². The predicted octanol–water partition coefficient (Wildman–Crippen LogP) is 2.70. The maximum absolute atomic E-state index is 5.45. The number of likely N-dealkylation sites (tertiary alicyclic amines) is 1. The number of aliphatic imine (C=N–C) groups is 1. The van der Waals surface area contributed by atoms with E-state index in [1.807, 2.05) is 18.4 Å². The highest BCUT2D eigenvalue weighted by molar-refractivity contribution is 14.0. The summed E-state index contributed by atoms with van der Waals surface area (Å²) in [7, 11) is 1.90. The summed E-state index contributed by atoms with van der Waals surface area (Å²) in [5.74, 6) is 2.33. The van der Waals surface area contributed by atoms with Crippen LogP contribution in [0.25, 0.3) is 0 Å². The van der Waals surface area contributed by atoms with Gasteiger partial charge in [0.15, 0.2) is 5.96 Å². The molecule has 2 saturated heterocycles. The number of thiophene rings is 1. The average Bonchev–Trinajstić information content (AvgIpc) is 3.28. The van der Waals surface area contributed by atoms with E-state index in [0.29, 0.717) is 5.92 Å². The van der Waals surface area contributed by atoms with E-state index in [2.05, 4.69) is 44.5 Å². The summed E-state index contributed by atoms with van der Waals surface area (Å²) >= 11 is 1.83. The molecule has 1 aromatic heterocycles. The van der Waals surface area contributed by atoms with E-state index in [4.69, 9.17) is 4.74 Å². The Hall–Kier alpha value is -0.380. The van der Waals surface area contributed by atoms with E-state index < -0.39 is 0 Å². The van der Waals surface area contributed by atoms with Crippen molar-refractivity contribution < 1.29 is 4.74 Å². The Balaban J connectivity index is 0.00000225. The Kier molecular flexibility index (Phi) is 8.95. The number of hydrogen-bond donors (Lipinski definition) is 1. The van der Waals surface area contributed by atoms with Gasteiger partial charge in [-0.2, -0.15) is 0 Å². The highest BCUT2D eigenvalue weighted by atomic mass is 127. The molecule has 0 aliphatic carbocycles. The van der Waals surface area contributed by atoms with Gasteiger partial charge in [-0.3, -0.25) is 9.89 Å². The third kappa shape index (κ3) is 6.08. The zero-order valence-corrected chi connectivity index (χ0v) is 18.5. The van der Waals surface area contributed by atoms with Crippen LogP contribution in [0.1, 0.15) is 24.1 Å². The van der Waals surface area contributed by atoms with Gasteiger partial charge in [-0.15, -0.1) is 35.3 Å². The van der Waals surface area contributed by atoms with Crippen molar-refractivity contribution in [2.75, 3.05) is 59.5 Å². The molecule has 2 fully saturated rings. The van der Waals surface area contributed by atoms with E-state index in [9.17, 15) is 0 Å². The highest BCUT2D eigenvalue weighted by Crippen LogP contribution is 2.21. The van der Waals surface area contributed by atoms with E-state index in [1.54, 1.807) is 0 Å². The number of nitrogens with one attached hydrogen (secondary N) is 1. The van der Waals surface area contributed by atoms with Crippen molar-refractivity contribution in [1.82, 2.24) is 15.1 Å². The van der Waals surface area contributed by atoms with Crippen LogP contribution in [0.15, 0.2) is 22.5 Å². The van der Waals surface area contributed by atoms with Crippen LogP contribution in [0, 0.1) is 5.92 Å². The molecule has 0 bridgehead atoms. The second-order valence-electron chi connectivity index (χ2n) is 6.86. The lowest BCUT2D eigenvalue weighted by atomic mass is 10.1. The molecule has 0 aromatic carbocycles. The van der Waals surface area contributed by atoms with Crippen molar-refractivity contribution in [3.05, 3.63) is 22.4 Å². The molecule has 0 saturated carbocycles. The van der Waals surface area contributed by atoms with Gasteiger partial charge >= 0.3 is 0 Å². The predicted molar refractivity (Wildman–Crippen MR) is 116 cm³/mol. The van der Waals surface area contributed by atoms with E-state index in [0.717, 1.165) is 57.8 Å². The molecule has 25 heavy (non-hydrogen) atoms. The Labute approximate surface area is 172 Å². The lowest BCUT2D eigenvalue weighted by Crippen LogP contribution is -2.43. The molecule has 2 aliphatic rings. The van der Waals surface area contributed by atoms with Crippen LogP contribution in [0.4, 0.5) is 0 Å². The van der Waals surface area contributed by atoms with E-state index in [-0.39, 0.29) is 24.0 Å². The third-order valence-electron chi connectivity index (χ3n) is 5.01. The molecule has 1 aromatic rings. The van der Waals surface area contributed by atoms with Gasteiger partial charge in [-0.25, -0.2) is 0 Å². The number of nitrogens with zero attached hydrogens (tertiary/aromatic N) is 3. The number of morpholine rings is 1. The van der Waals surface area contributed by atoms with Gasteiger partial charge in [-0.05, 0) is 23.8 Å². The third-order valence-corrected chi connectivity index (χ3v) is 6.12. The van der Waals surface area contributed by atoms with E-state index in [1.165, 1.54) is 17.8 Å². The zero-order valence-electron chi connectivity index (χ0n) is 15.3. The molecule has 0 spiro atoms. The van der Waals surface area contributed by atoms with Crippen molar-refractivity contribution in [2.24, 2.45) is 10.9 Å². The minimum atomic E-state index is 0. The summed E-state index contributed by atoms with van der Waals surface area (Å²) in [6.07, 6.45) is 1.26. The normalized spacial score (nSPS) is 23.4. The summed E-state index contributed by atoms with van der Waals surface area (Å²) in [6.45, 7) is 10.6. The van der Waals surface area contributed by atoms with E-state index >= 15 is 0 Å². The van der Waals surface area contributed by atoms with Crippen LogP contribution in [0.5, 0.6) is 0 Å². The highest BCUT2D eigenvalue weighted by Gasteiger charge is 2.27. The second kappa shape index (κ2) is 10.7. The molecule has 142 valence electrons. The Bertz CT molecular complexity index is 519. The van der Waals surface area contributed by atoms with Gasteiger partial charge in [0.05, 0.1) is 13.2 Å². The van der Waals surface area contributed by atoms with Crippen LogP contribution in [0.2, 0.25) is 0 Å². The summed E-state index contributed by atoms with van der Waals surface area (Å²) < 4.78 is 5.45. The zero-order chi connectivity index (χ0) is 16.8. The van der Waals surface area contributed by atoms with Gasteiger partial charge in [-0.1, -0.05) is 13.0 Å². The number of halogens is 1. The summed E-state index contributed by atoms with van der Waals surface area (Å²) in [4.78, 5) is 10.9. The van der Waals surface area contributed by atoms with Crippen molar-refractivity contribution in [1.29, 1.82) is 0 Å². The Morgan fingerprint density at radius 3 is 2.88 bits per heavy atom. The van der Waals surface area contributed by atoms with Gasteiger partial charge in [0.1, 0.15) is 0 Å². The number of ether oxygens (including phenoxy) is 1. The monoisotopic (exact) mass is 478 g/mol. The molecule has 2 atom stereocenters. The minimum absolute atomic E-state index is 0. The van der Waals surface area contributed by atoms with Crippen LogP contribution in [-0.4, -0.2) is 75.3 Å². The van der Waals surface area contributed by atoms with Gasteiger partial charge in [0, 0.05) is 57.1 Å². The fraction of sp³-hybridized carbons (Fsp3) is 0.722. The molecule has 7 heteroatoms. The summed E-state index contributed by atoms with van der Waals surface area (Å²) in [5, 5.41) is 5.72. The smallest absolute Gasteiger partial charge is 0.193 e. The second-order valence-corrected chi connectivity index (χ2v) is 7.84. The van der Waals surface area contributed by atoms with Crippen LogP contribution >= 0.6 is 35.3 Å². The van der Waals surface area contributed by atoms with Gasteiger partial charge in [0.25, 0.3) is 0 Å². The molecule has 5 nitrogen and oxygen atoms in total. The molecule has 3 rings (SSSR count). The first-order valence-corrected chi connectivity index (χ1v) is 9.93. The van der Waals surface area contributed by atoms with Crippen LogP contribution in [-0.2, 0) is 4.74 Å². The number of hydrogen-bond acceptors (Lipinski definition) is 4. The maximum atomic E-state index is 5.45. The number of rotatable bonds is 5. The largest absolute Gasteiger partial charge is 0.379 e. The first-order chi connectivity index (χ1) is 11.8. The lowest BCUT2D eigenvalue weighted by Gasteiger charge is -2.29. The van der Waals surface area contributed by atoms with Gasteiger partial charge < -0.3 is 15.0 Å². The molecule has 3 heterocycles. The summed E-state index contributed by atoms with van der Waals surface area (Å²) in [6, 6.07) is 4.34.